The minimum absolute atomic E-state index is 0.171. The highest BCUT2D eigenvalue weighted by Gasteiger charge is 2.16. The van der Waals surface area contributed by atoms with Crippen molar-refractivity contribution in [3.05, 3.63) is 11.8 Å². The van der Waals surface area contributed by atoms with E-state index in [4.69, 9.17) is 10.2 Å². The lowest BCUT2D eigenvalue weighted by Crippen LogP contribution is -2.26. The number of allylic oxidation sites excluding steroid dienone is 2. The van der Waals surface area contributed by atoms with Gasteiger partial charge in [0.05, 0.1) is 0 Å². The van der Waals surface area contributed by atoms with E-state index in [1.807, 2.05) is 0 Å². The molecule has 4 heteroatoms. The van der Waals surface area contributed by atoms with Crippen LogP contribution < -0.4 is 0 Å². The van der Waals surface area contributed by atoms with E-state index in [0.717, 1.165) is 6.92 Å². The van der Waals surface area contributed by atoms with E-state index in [1.54, 1.807) is 0 Å². The Bertz CT molecular complexity index is 175. The van der Waals surface area contributed by atoms with Gasteiger partial charge in [0.2, 0.25) is 0 Å². The Morgan fingerprint density at radius 2 is 1.91 bits per heavy atom. The average molecular weight is 160 g/mol. The second-order valence-corrected chi connectivity index (χ2v) is 2.40. The predicted octanol–water partition coefficient (Wildman–Crippen LogP) is 0.154. The first-order chi connectivity index (χ1) is 4.81. The molecular weight excluding hydrogens is 148 g/mol. The molecule has 0 saturated heterocycles. The second-order valence-electron chi connectivity index (χ2n) is 2.40. The standard InChI is InChI=1S/C7H12O4/c1-5(8)4-6(2)11-7(3,9)10/h4,9-10H,1-3H3/b6-4+. The molecule has 64 valence electrons. The molecule has 4 nitrogen and oxygen atoms in total. The normalized spacial score (nSPS) is 13.0. The number of hydrogen-bond donors (Lipinski definition) is 2. The van der Waals surface area contributed by atoms with Crippen LogP contribution in [0.25, 0.3) is 0 Å². The highest BCUT2D eigenvalue weighted by atomic mass is 16.8. The van der Waals surface area contributed by atoms with Crippen LogP contribution in [-0.2, 0) is 9.53 Å². The summed E-state index contributed by atoms with van der Waals surface area (Å²) in [5, 5.41) is 17.4. The summed E-state index contributed by atoms with van der Waals surface area (Å²) in [5.41, 5.74) is 0. The largest absolute Gasteiger partial charge is 0.444 e. The number of hydrogen-bond acceptors (Lipinski definition) is 4. The summed E-state index contributed by atoms with van der Waals surface area (Å²) in [7, 11) is 0. The molecule has 0 aromatic carbocycles. The van der Waals surface area contributed by atoms with Crippen LogP contribution >= 0.6 is 0 Å². The average Bonchev–Trinajstić information content (AvgIpc) is 1.53. The van der Waals surface area contributed by atoms with E-state index in [-0.39, 0.29) is 11.5 Å². The molecule has 0 atom stereocenters. The van der Waals surface area contributed by atoms with Gasteiger partial charge in [0.15, 0.2) is 5.78 Å². The summed E-state index contributed by atoms with van der Waals surface area (Å²) in [6.07, 6.45) is 1.17. The smallest absolute Gasteiger partial charge is 0.318 e. The van der Waals surface area contributed by atoms with Gasteiger partial charge < -0.3 is 14.9 Å². The zero-order valence-electron chi connectivity index (χ0n) is 6.79. The van der Waals surface area contributed by atoms with Crippen LogP contribution in [-0.4, -0.2) is 22.0 Å². The van der Waals surface area contributed by atoms with Crippen molar-refractivity contribution < 1.29 is 19.7 Å². The van der Waals surface area contributed by atoms with Crippen molar-refractivity contribution in [2.45, 2.75) is 26.7 Å². The quantitative estimate of drug-likeness (QED) is 0.350. The maximum absolute atomic E-state index is 10.4. The fourth-order valence-corrected chi connectivity index (χ4v) is 0.621. The topological polar surface area (TPSA) is 66.8 Å². The van der Waals surface area contributed by atoms with Gasteiger partial charge in [-0.25, -0.2) is 0 Å². The fraction of sp³-hybridized carbons (Fsp3) is 0.571. The number of aliphatic hydroxyl groups is 2. The van der Waals surface area contributed by atoms with Crippen LogP contribution in [0.4, 0.5) is 0 Å². The van der Waals surface area contributed by atoms with Crippen molar-refractivity contribution in [1.82, 2.24) is 0 Å². The van der Waals surface area contributed by atoms with Gasteiger partial charge in [0.25, 0.3) is 0 Å². The van der Waals surface area contributed by atoms with Gasteiger partial charge in [0.1, 0.15) is 5.76 Å². The van der Waals surface area contributed by atoms with Gasteiger partial charge in [-0.05, 0) is 13.8 Å². The summed E-state index contributed by atoms with van der Waals surface area (Å²) < 4.78 is 4.50. The molecular formula is C7H12O4. The third-order valence-electron chi connectivity index (χ3n) is 0.761. The molecule has 0 aromatic rings. The van der Waals surface area contributed by atoms with Crippen molar-refractivity contribution in [3.63, 3.8) is 0 Å². The number of ketones is 1. The molecule has 0 unspecified atom stereocenters. The van der Waals surface area contributed by atoms with E-state index < -0.39 is 5.97 Å². The van der Waals surface area contributed by atoms with Crippen molar-refractivity contribution in [1.29, 1.82) is 0 Å². The monoisotopic (exact) mass is 160 g/mol. The van der Waals surface area contributed by atoms with Gasteiger partial charge in [-0.3, -0.25) is 4.79 Å². The van der Waals surface area contributed by atoms with E-state index in [2.05, 4.69) is 4.74 Å². The molecule has 0 aliphatic rings. The van der Waals surface area contributed by atoms with Gasteiger partial charge >= 0.3 is 5.97 Å². The molecule has 0 aliphatic heterocycles. The molecule has 0 aliphatic carbocycles. The Balaban J connectivity index is 4.07. The van der Waals surface area contributed by atoms with Gasteiger partial charge in [-0.1, -0.05) is 0 Å². The molecule has 0 aromatic heterocycles. The summed E-state index contributed by atoms with van der Waals surface area (Å²) in [6.45, 7) is 3.87. The first-order valence-electron chi connectivity index (χ1n) is 3.14. The second kappa shape index (κ2) is 3.50. The fourth-order valence-electron chi connectivity index (χ4n) is 0.621. The minimum Gasteiger partial charge on any atom is -0.444 e. The molecule has 0 amide bonds. The number of carbonyl (C=O) groups is 1. The first-order valence-corrected chi connectivity index (χ1v) is 3.14. The van der Waals surface area contributed by atoms with Crippen LogP contribution in [0.1, 0.15) is 20.8 Å². The Kier molecular flexibility index (Phi) is 3.22. The van der Waals surface area contributed by atoms with Crippen molar-refractivity contribution in [2.75, 3.05) is 0 Å². The van der Waals surface area contributed by atoms with Gasteiger partial charge in [-0.2, -0.15) is 0 Å². The lowest BCUT2D eigenvalue weighted by atomic mass is 10.4. The Labute approximate surface area is 65.1 Å². The predicted molar refractivity (Wildman–Crippen MR) is 38.4 cm³/mol. The Morgan fingerprint density at radius 1 is 1.45 bits per heavy atom. The Morgan fingerprint density at radius 3 is 2.18 bits per heavy atom. The zero-order chi connectivity index (χ0) is 9.07. The molecule has 0 radical (unpaired) electrons. The molecule has 0 heterocycles. The van der Waals surface area contributed by atoms with Crippen LogP contribution in [0, 0.1) is 0 Å². The van der Waals surface area contributed by atoms with E-state index in [1.165, 1.54) is 19.9 Å². The van der Waals surface area contributed by atoms with Crippen LogP contribution in [0.3, 0.4) is 0 Å². The van der Waals surface area contributed by atoms with E-state index in [0.29, 0.717) is 0 Å². The SMILES string of the molecule is CC(=O)/C=C(\C)OC(C)(O)O. The van der Waals surface area contributed by atoms with Gasteiger partial charge in [0, 0.05) is 13.0 Å². The summed E-state index contributed by atoms with van der Waals surface area (Å²) in [4.78, 5) is 10.4. The van der Waals surface area contributed by atoms with Crippen LogP contribution in [0.15, 0.2) is 11.8 Å². The number of carbonyl (C=O) groups excluding carboxylic acids is 1. The molecule has 2 N–H and O–H groups in total. The maximum atomic E-state index is 10.4. The third-order valence-corrected chi connectivity index (χ3v) is 0.761. The van der Waals surface area contributed by atoms with Crippen LogP contribution in [0.2, 0.25) is 0 Å². The maximum Gasteiger partial charge on any atom is 0.318 e. The van der Waals surface area contributed by atoms with Crippen LogP contribution in [0.5, 0.6) is 0 Å². The van der Waals surface area contributed by atoms with E-state index >= 15 is 0 Å². The zero-order valence-corrected chi connectivity index (χ0v) is 6.79. The van der Waals surface area contributed by atoms with Crippen molar-refractivity contribution in [3.8, 4) is 0 Å². The molecule has 0 spiro atoms. The molecule has 0 rings (SSSR count). The molecule has 0 bridgehead atoms. The summed E-state index contributed by atoms with van der Waals surface area (Å²) in [6, 6.07) is 0. The Hall–Kier alpha value is -0.870. The number of rotatable bonds is 3. The molecule has 11 heavy (non-hydrogen) atoms. The molecule has 0 saturated carbocycles. The highest BCUT2D eigenvalue weighted by Crippen LogP contribution is 2.07. The molecule has 0 fully saturated rings. The van der Waals surface area contributed by atoms with Crippen molar-refractivity contribution in [2.24, 2.45) is 0 Å². The summed E-state index contributed by atoms with van der Waals surface area (Å²) in [5.74, 6) is -2.24. The van der Waals surface area contributed by atoms with Gasteiger partial charge in [-0.15, -0.1) is 0 Å². The third kappa shape index (κ3) is 7.02. The lowest BCUT2D eigenvalue weighted by molar-refractivity contribution is -0.306. The number of ether oxygens (including phenoxy) is 1. The lowest BCUT2D eigenvalue weighted by Gasteiger charge is -2.17. The summed E-state index contributed by atoms with van der Waals surface area (Å²) >= 11 is 0. The first kappa shape index (κ1) is 10.1. The van der Waals surface area contributed by atoms with Crippen molar-refractivity contribution >= 4 is 5.78 Å². The van der Waals surface area contributed by atoms with E-state index in [9.17, 15) is 4.79 Å². The minimum atomic E-state index is -2.21. The highest BCUT2D eigenvalue weighted by molar-refractivity contribution is 5.87.